The van der Waals surface area contributed by atoms with E-state index < -0.39 is 0 Å². The van der Waals surface area contributed by atoms with Crippen molar-refractivity contribution in [2.45, 2.75) is 32.0 Å². The topological polar surface area (TPSA) is 90.9 Å². The maximum absolute atomic E-state index is 11.9. The van der Waals surface area contributed by atoms with E-state index in [1.807, 2.05) is 18.0 Å². The predicted molar refractivity (Wildman–Crippen MR) is 164 cm³/mol. The van der Waals surface area contributed by atoms with E-state index in [9.17, 15) is 4.79 Å². The van der Waals surface area contributed by atoms with Crippen LogP contribution in [-0.2, 0) is 9.53 Å². The molecular weight excluding hydrogens is 567 g/mol. The van der Waals surface area contributed by atoms with Gasteiger partial charge in [-0.3, -0.25) is 9.69 Å². The number of methoxy groups -OCH3 is 3. The minimum Gasteiger partial charge on any atom is -0.495 e. The van der Waals surface area contributed by atoms with Gasteiger partial charge in [0.1, 0.15) is 17.7 Å². The third kappa shape index (κ3) is 7.30. The maximum atomic E-state index is 11.9. The number of amides is 1. The number of benzene rings is 1. The van der Waals surface area contributed by atoms with E-state index in [-0.39, 0.29) is 18.1 Å². The van der Waals surface area contributed by atoms with Crippen molar-refractivity contribution < 1.29 is 19.0 Å². The molecule has 0 bridgehead atoms. The molecule has 0 spiro atoms. The van der Waals surface area contributed by atoms with Gasteiger partial charge in [-0.05, 0) is 37.1 Å². The molecule has 2 N–H and O–H groups in total. The molecule has 1 unspecified atom stereocenters. The minimum atomic E-state index is -0.177. The van der Waals surface area contributed by atoms with E-state index in [2.05, 4.69) is 33.2 Å². The predicted octanol–water partition coefficient (Wildman–Crippen LogP) is 3.57. The Labute approximate surface area is 252 Å². The minimum absolute atomic E-state index is 0.00514. The quantitative estimate of drug-likeness (QED) is 0.370. The fourth-order valence-corrected chi connectivity index (χ4v) is 6.10. The van der Waals surface area contributed by atoms with Crippen LogP contribution in [0.1, 0.15) is 25.3 Å². The SMILES string of the molecule is C=CC(=O)N1CCN(CCCN2C=C(c3c(Cl)c(OC)cc(OC)c3Cl)CC3=CNC(NC(C)COC)=N[C@@H]32)CC1. The van der Waals surface area contributed by atoms with Gasteiger partial charge in [0.25, 0.3) is 0 Å². The molecule has 3 aliphatic heterocycles. The van der Waals surface area contributed by atoms with Gasteiger partial charge in [-0.25, -0.2) is 4.99 Å². The van der Waals surface area contributed by atoms with Crippen LogP contribution in [0.3, 0.4) is 0 Å². The van der Waals surface area contributed by atoms with Crippen LogP contribution >= 0.6 is 23.2 Å². The lowest BCUT2D eigenvalue weighted by atomic mass is 9.93. The number of nitrogens with zero attached hydrogens (tertiary/aromatic N) is 4. The number of halogens is 2. The molecule has 0 saturated carbocycles. The van der Waals surface area contributed by atoms with Gasteiger partial charge in [0, 0.05) is 76.3 Å². The summed E-state index contributed by atoms with van der Waals surface area (Å²) in [5.74, 6) is 1.69. The highest BCUT2D eigenvalue weighted by Gasteiger charge is 2.32. The number of fused-ring (bicyclic) bond motifs is 1. The number of carbonyl (C=O) groups is 1. The second-order valence-electron chi connectivity index (χ2n) is 10.3. The van der Waals surface area contributed by atoms with Gasteiger partial charge in [-0.15, -0.1) is 0 Å². The summed E-state index contributed by atoms with van der Waals surface area (Å²) < 4.78 is 16.3. The number of carbonyl (C=O) groups excluding carboxylic acids is 1. The maximum Gasteiger partial charge on any atom is 0.246 e. The van der Waals surface area contributed by atoms with Gasteiger partial charge >= 0.3 is 0 Å². The molecule has 1 aromatic carbocycles. The van der Waals surface area contributed by atoms with E-state index in [4.69, 9.17) is 42.4 Å². The first-order valence-corrected chi connectivity index (χ1v) is 14.5. The van der Waals surface area contributed by atoms with E-state index in [0.717, 1.165) is 43.7 Å². The highest BCUT2D eigenvalue weighted by molar-refractivity contribution is 6.39. The van der Waals surface area contributed by atoms with E-state index >= 15 is 0 Å². The fourth-order valence-electron chi connectivity index (χ4n) is 5.35. The lowest BCUT2D eigenvalue weighted by Gasteiger charge is -2.39. The average molecular weight is 608 g/mol. The first kappa shape index (κ1) is 31.0. The Morgan fingerprint density at radius 2 is 1.85 bits per heavy atom. The number of hydrogen-bond acceptors (Lipinski definition) is 9. The Kier molecular flexibility index (Phi) is 10.8. The number of rotatable bonds is 11. The molecule has 2 atom stereocenters. The van der Waals surface area contributed by atoms with Crippen LogP contribution < -0.4 is 20.1 Å². The molecule has 3 heterocycles. The lowest BCUT2D eigenvalue weighted by molar-refractivity contribution is -0.127. The number of ether oxygens (including phenoxy) is 3. The van der Waals surface area contributed by atoms with Crippen LogP contribution in [-0.4, -0.2) is 106 Å². The molecule has 1 aromatic rings. The van der Waals surface area contributed by atoms with E-state index in [1.165, 1.54) is 6.08 Å². The molecule has 224 valence electrons. The molecule has 1 saturated heterocycles. The van der Waals surface area contributed by atoms with Crippen LogP contribution in [0.5, 0.6) is 11.5 Å². The first-order valence-electron chi connectivity index (χ1n) is 13.8. The van der Waals surface area contributed by atoms with Crippen molar-refractivity contribution in [3.8, 4) is 11.5 Å². The van der Waals surface area contributed by atoms with Crippen molar-refractivity contribution in [2.75, 3.05) is 67.2 Å². The van der Waals surface area contributed by atoms with Crippen molar-refractivity contribution in [3.63, 3.8) is 0 Å². The fraction of sp³-hybridized carbons (Fsp3) is 0.517. The molecule has 10 nitrogen and oxygen atoms in total. The normalized spacial score (nSPS) is 19.8. The molecule has 0 radical (unpaired) electrons. The summed E-state index contributed by atoms with van der Waals surface area (Å²) in [5, 5.41) is 7.58. The summed E-state index contributed by atoms with van der Waals surface area (Å²) in [4.78, 5) is 23.4. The zero-order valence-corrected chi connectivity index (χ0v) is 25.7. The molecule has 12 heteroatoms. The van der Waals surface area contributed by atoms with Crippen LogP contribution in [0.25, 0.3) is 5.57 Å². The summed E-state index contributed by atoms with van der Waals surface area (Å²) in [6.07, 6.45) is 6.85. The molecule has 0 aromatic heterocycles. The average Bonchev–Trinajstić information content (AvgIpc) is 2.97. The summed E-state index contributed by atoms with van der Waals surface area (Å²) in [6.45, 7) is 11.0. The Morgan fingerprint density at radius 1 is 1.17 bits per heavy atom. The standard InChI is InChI=1S/C29H40Cl2N6O4/c1-6-24(38)36-12-10-35(11-13-36)8-7-9-37-17-21(25-26(30)22(40-4)15-23(41-5)27(25)31)14-20-16-32-29(34-28(20)37)33-19(2)18-39-3/h6,15-17,19,28H,1,7-14,18H2,2-5H3,(H2,32,33,34)/t19?,28-/m1/s1. The number of allylic oxidation sites excluding steroid dienone is 1. The third-order valence-electron chi connectivity index (χ3n) is 7.45. The van der Waals surface area contributed by atoms with Gasteiger partial charge in [-0.1, -0.05) is 29.8 Å². The Hall–Kier alpha value is -2.92. The number of guanidine groups is 1. The van der Waals surface area contributed by atoms with Crippen molar-refractivity contribution in [1.82, 2.24) is 25.3 Å². The smallest absolute Gasteiger partial charge is 0.246 e. The van der Waals surface area contributed by atoms with Crippen LogP contribution in [0.4, 0.5) is 0 Å². The molecule has 1 fully saturated rings. The van der Waals surface area contributed by atoms with Gasteiger partial charge in [0.05, 0.1) is 30.9 Å². The van der Waals surface area contributed by atoms with Gasteiger partial charge in [0.15, 0.2) is 5.96 Å². The van der Waals surface area contributed by atoms with E-state index in [1.54, 1.807) is 27.4 Å². The van der Waals surface area contributed by atoms with Gasteiger partial charge < -0.3 is 34.6 Å². The molecule has 3 aliphatic rings. The van der Waals surface area contributed by atoms with Crippen molar-refractivity contribution in [2.24, 2.45) is 4.99 Å². The molecular formula is C29H40Cl2N6O4. The molecule has 0 aliphatic carbocycles. The largest absolute Gasteiger partial charge is 0.495 e. The number of nitrogens with one attached hydrogen (secondary N) is 2. The van der Waals surface area contributed by atoms with Crippen LogP contribution in [0, 0.1) is 0 Å². The van der Waals surface area contributed by atoms with E-state index in [0.29, 0.717) is 59.2 Å². The van der Waals surface area contributed by atoms with Crippen molar-refractivity contribution >= 4 is 40.6 Å². The molecule has 4 rings (SSSR count). The Morgan fingerprint density at radius 3 is 2.46 bits per heavy atom. The first-order chi connectivity index (χ1) is 19.8. The van der Waals surface area contributed by atoms with Gasteiger partial charge in [-0.2, -0.15) is 0 Å². The Bertz CT molecular complexity index is 1180. The summed E-state index contributed by atoms with van der Waals surface area (Å²) in [6, 6.07) is 1.79. The second-order valence-corrected chi connectivity index (χ2v) is 11.0. The van der Waals surface area contributed by atoms with Crippen molar-refractivity contribution in [1.29, 1.82) is 0 Å². The highest BCUT2D eigenvalue weighted by atomic mass is 35.5. The monoisotopic (exact) mass is 606 g/mol. The number of piperazine rings is 1. The second kappa shape index (κ2) is 14.3. The number of hydrogen-bond donors (Lipinski definition) is 2. The third-order valence-corrected chi connectivity index (χ3v) is 8.20. The van der Waals surface area contributed by atoms with Gasteiger partial charge in [0.2, 0.25) is 5.91 Å². The highest BCUT2D eigenvalue weighted by Crippen LogP contribution is 2.47. The van der Waals surface area contributed by atoms with Crippen molar-refractivity contribution in [3.05, 3.63) is 52.3 Å². The molecule has 41 heavy (non-hydrogen) atoms. The molecule has 1 amide bonds. The summed E-state index contributed by atoms with van der Waals surface area (Å²) >= 11 is 13.6. The number of aliphatic imine (C=N–C) groups is 1. The zero-order valence-electron chi connectivity index (χ0n) is 24.2. The lowest BCUT2D eigenvalue weighted by Crippen LogP contribution is -2.49. The zero-order chi connectivity index (χ0) is 29.5. The summed E-state index contributed by atoms with van der Waals surface area (Å²) in [7, 11) is 4.83. The van der Waals surface area contributed by atoms with Crippen LogP contribution in [0.2, 0.25) is 10.0 Å². The Balaban J connectivity index is 1.57. The van der Waals surface area contributed by atoms with Crippen LogP contribution in [0.15, 0.2) is 41.7 Å². The summed E-state index contributed by atoms with van der Waals surface area (Å²) in [5.41, 5.74) is 2.74.